The highest BCUT2D eigenvalue weighted by atomic mass is 16.4. The molecule has 0 saturated heterocycles. The standard InChI is InChI=1S/C26H43NO5/c1-15(4-7-22(30)27-14-23(31)32)18-5-6-19-24-20(9-11-26(18,19)3)25(2)10-8-17(28)12-16(25)13-21(24)29/h15-21,24,28-29H,4-14H2,1-3H3,(H,27,30)(H,31,32)/t15-,16-,17-,18+,19-,20-,21+,24-,25-,26+/m0/s1. The van der Waals surface area contributed by atoms with Crippen LogP contribution in [0.3, 0.4) is 0 Å². The molecule has 4 N–H and O–H groups in total. The van der Waals surface area contributed by atoms with Gasteiger partial charge < -0.3 is 20.6 Å². The zero-order valence-corrected chi connectivity index (χ0v) is 20.1. The van der Waals surface area contributed by atoms with Gasteiger partial charge in [-0.1, -0.05) is 20.8 Å². The molecule has 1 amide bonds. The number of aliphatic hydroxyl groups excluding tert-OH is 2. The summed E-state index contributed by atoms with van der Waals surface area (Å²) in [5, 5.41) is 32.8. The van der Waals surface area contributed by atoms with Crippen molar-refractivity contribution in [1.29, 1.82) is 0 Å². The second-order valence-corrected chi connectivity index (χ2v) is 12.1. The Kier molecular flexibility index (Phi) is 6.68. The average Bonchev–Trinajstić information content (AvgIpc) is 3.09. The average molecular weight is 450 g/mol. The fourth-order valence-corrected chi connectivity index (χ4v) is 9.00. The molecule has 0 spiro atoms. The highest BCUT2D eigenvalue weighted by Gasteiger charge is 2.62. The summed E-state index contributed by atoms with van der Waals surface area (Å²) in [5.41, 5.74) is 0.451. The molecule has 0 bridgehead atoms. The Hall–Kier alpha value is -1.14. The Morgan fingerprint density at radius 3 is 2.41 bits per heavy atom. The summed E-state index contributed by atoms with van der Waals surface area (Å²) in [5.74, 6) is 1.66. The van der Waals surface area contributed by atoms with Crippen LogP contribution in [0.15, 0.2) is 0 Å². The number of carbonyl (C=O) groups excluding carboxylic acids is 1. The maximum Gasteiger partial charge on any atom is 0.322 e. The van der Waals surface area contributed by atoms with E-state index >= 15 is 0 Å². The van der Waals surface area contributed by atoms with Crippen LogP contribution in [0.5, 0.6) is 0 Å². The zero-order chi connectivity index (χ0) is 23.3. The molecule has 0 heterocycles. The molecule has 6 nitrogen and oxygen atoms in total. The summed E-state index contributed by atoms with van der Waals surface area (Å²) >= 11 is 0. The lowest BCUT2D eigenvalue weighted by Gasteiger charge is -2.62. The molecule has 4 fully saturated rings. The lowest BCUT2D eigenvalue weighted by atomic mass is 9.43. The Morgan fingerprint density at radius 1 is 1.00 bits per heavy atom. The first-order valence-electron chi connectivity index (χ1n) is 12.9. The van der Waals surface area contributed by atoms with Crippen molar-refractivity contribution in [3.8, 4) is 0 Å². The Morgan fingerprint density at radius 2 is 1.69 bits per heavy atom. The number of carboxylic acids is 1. The van der Waals surface area contributed by atoms with Gasteiger partial charge in [-0.3, -0.25) is 9.59 Å². The molecule has 6 heteroatoms. The van der Waals surface area contributed by atoms with Gasteiger partial charge in [0.15, 0.2) is 0 Å². The molecule has 10 atom stereocenters. The summed E-state index contributed by atoms with van der Waals surface area (Å²) in [6.45, 7) is 6.83. The summed E-state index contributed by atoms with van der Waals surface area (Å²) in [6.07, 6.45) is 9.06. The second kappa shape index (κ2) is 8.90. The van der Waals surface area contributed by atoms with Crippen LogP contribution < -0.4 is 5.32 Å². The van der Waals surface area contributed by atoms with Crippen molar-refractivity contribution < 1.29 is 24.9 Å². The van der Waals surface area contributed by atoms with Gasteiger partial charge in [-0.05, 0) is 104 Å². The second-order valence-electron chi connectivity index (χ2n) is 12.1. The molecule has 0 aromatic rings. The van der Waals surface area contributed by atoms with E-state index in [-0.39, 0.29) is 35.5 Å². The first-order chi connectivity index (χ1) is 15.1. The van der Waals surface area contributed by atoms with Crippen molar-refractivity contribution in [2.45, 2.75) is 97.2 Å². The minimum Gasteiger partial charge on any atom is -0.480 e. The van der Waals surface area contributed by atoms with E-state index in [4.69, 9.17) is 5.11 Å². The van der Waals surface area contributed by atoms with E-state index < -0.39 is 5.97 Å². The van der Waals surface area contributed by atoms with Gasteiger partial charge in [0.25, 0.3) is 0 Å². The van der Waals surface area contributed by atoms with Crippen molar-refractivity contribution in [1.82, 2.24) is 5.32 Å². The first kappa shape index (κ1) is 24.0. The van der Waals surface area contributed by atoms with Crippen LogP contribution in [0.1, 0.15) is 85.0 Å². The topological polar surface area (TPSA) is 107 Å². The summed E-state index contributed by atoms with van der Waals surface area (Å²) < 4.78 is 0. The summed E-state index contributed by atoms with van der Waals surface area (Å²) in [6, 6.07) is 0. The van der Waals surface area contributed by atoms with Crippen molar-refractivity contribution in [3.63, 3.8) is 0 Å². The van der Waals surface area contributed by atoms with Gasteiger partial charge in [-0.2, -0.15) is 0 Å². The third-order valence-corrected chi connectivity index (χ3v) is 10.7. The maximum absolute atomic E-state index is 12.0. The minimum absolute atomic E-state index is 0.177. The van der Waals surface area contributed by atoms with Crippen LogP contribution in [0.4, 0.5) is 0 Å². The van der Waals surface area contributed by atoms with Gasteiger partial charge in [0, 0.05) is 6.42 Å². The van der Waals surface area contributed by atoms with Gasteiger partial charge in [0.2, 0.25) is 5.91 Å². The molecule has 0 aromatic carbocycles. The smallest absolute Gasteiger partial charge is 0.322 e. The molecular weight excluding hydrogens is 406 g/mol. The van der Waals surface area contributed by atoms with Gasteiger partial charge >= 0.3 is 5.97 Å². The predicted molar refractivity (Wildman–Crippen MR) is 122 cm³/mol. The molecule has 0 aliphatic heterocycles. The van der Waals surface area contributed by atoms with E-state index in [9.17, 15) is 19.8 Å². The lowest BCUT2D eigenvalue weighted by molar-refractivity contribution is -0.174. The van der Waals surface area contributed by atoms with Crippen molar-refractivity contribution in [2.75, 3.05) is 6.54 Å². The molecule has 4 aliphatic carbocycles. The molecular formula is C26H43NO5. The molecule has 4 aliphatic rings. The predicted octanol–water partition coefficient (Wildman–Crippen LogP) is 3.59. The zero-order valence-electron chi connectivity index (χ0n) is 20.1. The number of aliphatic carboxylic acids is 1. The summed E-state index contributed by atoms with van der Waals surface area (Å²) in [7, 11) is 0. The quantitative estimate of drug-likeness (QED) is 0.496. The largest absolute Gasteiger partial charge is 0.480 e. The Balaban J connectivity index is 1.44. The molecule has 0 aromatic heterocycles. The lowest BCUT2D eigenvalue weighted by Crippen LogP contribution is -2.58. The number of nitrogens with one attached hydrogen (secondary N) is 1. The van der Waals surface area contributed by atoms with E-state index in [1.165, 1.54) is 12.8 Å². The number of hydrogen-bond acceptors (Lipinski definition) is 4. The monoisotopic (exact) mass is 449 g/mol. The third kappa shape index (κ3) is 4.11. The fraction of sp³-hybridized carbons (Fsp3) is 0.923. The Labute approximate surface area is 192 Å². The number of rotatable bonds is 6. The van der Waals surface area contributed by atoms with Crippen molar-refractivity contribution in [3.05, 3.63) is 0 Å². The van der Waals surface area contributed by atoms with Gasteiger partial charge in [-0.25, -0.2) is 0 Å². The van der Waals surface area contributed by atoms with Crippen LogP contribution in [-0.2, 0) is 9.59 Å². The number of hydrogen-bond donors (Lipinski definition) is 4. The molecule has 0 radical (unpaired) electrons. The van der Waals surface area contributed by atoms with Crippen LogP contribution in [-0.4, -0.2) is 45.9 Å². The number of aliphatic hydroxyl groups is 2. The van der Waals surface area contributed by atoms with Crippen LogP contribution >= 0.6 is 0 Å². The number of fused-ring (bicyclic) bond motifs is 5. The van der Waals surface area contributed by atoms with E-state index in [0.29, 0.717) is 41.9 Å². The number of carboxylic acid groups (broad SMARTS) is 1. The van der Waals surface area contributed by atoms with E-state index in [1.54, 1.807) is 0 Å². The highest BCUT2D eigenvalue weighted by Crippen LogP contribution is 2.68. The molecule has 32 heavy (non-hydrogen) atoms. The van der Waals surface area contributed by atoms with E-state index in [2.05, 4.69) is 26.1 Å². The van der Waals surface area contributed by atoms with Crippen LogP contribution in [0.25, 0.3) is 0 Å². The van der Waals surface area contributed by atoms with E-state index in [1.807, 2.05) is 0 Å². The molecule has 182 valence electrons. The van der Waals surface area contributed by atoms with Crippen LogP contribution in [0.2, 0.25) is 0 Å². The number of carbonyl (C=O) groups is 2. The van der Waals surface area contributed by atoms with Crippen LogP contribution in [0, 0.1) is 46.3 Å². The van der Waals surface area contributed by atoms with Crippen molar-refractivity contribution in [2.24, 2.45) is 46.3 Å². The molecule has 4 rings (SSSR count). The fourth-order valence-electron chi connectivity index (χ4n) is 9.00. The van der Waals surface area contributed by atoms with Gasteiger partial charge in [0.1, 0.15) is 6.54 Å². The van der Waals surface area contributed by atoms with Gasteiger partial charge in [-0.15, -0.1) is 0 Å². The highest BCUT2D eigenvalue weighted by molar-refractivity contribution is 5.81. The Bertz CT molecular complexity index is 727. The first-order valence-corrected chi connectivity index (χ1v) is 12.9. The van der Waals surface area contributed by atoms with Crippen molar-refractivity contribution >= 4 is 11.9 Å². The SMILES string of the molecule is C[C@@H](CCC(=O)NCC(=O)O)[C@H]1CC[C@H]2[C@@H]3[C@H](O)C[C@@H]4C[C@@H](O)CC[C@]4(C)[C@H]3CC[C@]12C. The third-order valence-electron chi connectivity index (χ3n) is 10.7. The molecule has 4 saturated carbocycles. The molecule has 0 unspecified atom stereocenters. The van der Waals surface area contributed by atoms with E-state index in [0.717, 1.165) is 44.9 Å². The minimum atomic E-state index is -1.01. The number of amides is 1. The normalized spacial score (nSPS) is 46.5. The van der Waals surface area contributed by atoms with Gasteiger partial charge in [0.05, 0.1) is 12.2 Å². The maximum atomic E-state index is 12.0. The summed E-state index contributed by atoms with van der Waals surface area (Å²) in [4.78, 5) is 22.7.